The highest BCUT2D eigenvalue weighted by molar-refractivity contribution is 5.80. The van der Waals surface area contributed by atoms with Crippen LogP contribution in [0.3, 0.4) is 0 Å². The van der Waals surface area contributed by atoms with Gasteiger partial charge in [0.25, 0.3) is 0 Å². The Hall–Kier alpha value is -1.97. The molecule has 2 unspecified atom stereocenters. The maximum absolute atomic E-state index is 14.5. The van der Waals surface area contributed by atoms with Crippen LogP contribution in [0.1, 0.15) is 145 Å². The highest BCUT2D eigenvalue weighted by Gasteiger charge is 2.74. The van der Waals surface area contributed by atoms with E-state index in [0.717, 1.165) is 33.4 Å². The summed E-state index contributed by atoms with van der Waals surface area (Å²) in [5, 5.41) is 36.1. The fourth-order valence-corrected chi connectivity index (χ4v) is 10.5. The number of hydrogen-bond donors (Lipinski definition) is 3. The first kappa shape index (κ1) is 37.2. The smallest absolute Gasteiger partial charge is 0.311 e. The summed E-state index contributed by atoms with van der Waals surface area (Å²) in [6, 6.07) is 0. The predicted molar refractivity (Wildman–Crippen MR) is 182 cm³/mol. The zero-order valence-electron chi connectivity index (χ0n) is 31.7. The Morgan fingerprint density at radius 1 is 0.512 bits per heavy atom. The molecule has 2 aliphatic rings. The van der Waals surface area contributed by atoms with Crippen LogP contribution in [0.5, 0.6) is 0 Å². The first-order valence-electron chi connectivity index (χ1n) is 16.1. The second-order valence-corrected chi connectivity index (χ2v) is 19.4. The standard InChI is InChI=1S/C39H66O4/c1-22-24(31(3,4)5)26(40)28(33(9,10)11)35(15,16)37(22,19)39(21,30(42)43)38(20)23(2)25(32(6,7)8)27(41)29(34(12,13)14)36(38,17)18/h40-41H,1-21H3,(H,42,43). The van der Waals surface area contributed by atoms with Gasteiger partial charge in [0.15, 0.2) is 0 Å². The second-order valence-electron chi connectivity index (χ2n) is 19.4. The average Bonchev–Trinajstić information content (AvgIpc) is 2.70. The van der Waals surface area contributed by atoms with E-state index in [4.69, 9.17) is 0 Å². The molecule has 4 nitrogen and oxygen atoms in total. The number of hydrogen-bond acceptors (Lipinski definition) is 3. The zero-order valence-corrected chi connectivity index (χ0v) is 31.7. The Morgan fingerprint density at radius 2 is 0.744 bits per heavy atom. The van der Waals surface area contributed by atoms with Crippen molar-refractivity contribution in [1.29, 1.82) is 0 Å². The minimum atomic E-state index is -1.40. The van der Waals surface area contributed by atoms with Crippen molar-refractivity contribution < 1.29 is 20.1 Å². The van der Waals surface area contributed by atoms with Crippen LogP contribution in [-0.4, -0.2) is 21.3 Å². The van der Waals surface area contributed by atoms with Gasteiger partial charge in [-0.25, -0.2) is 0 Å². The van der Waals surface area contributed by atoms with Gasteiger partial charge in [-0.15, -0.1) is 0 Å². The summed E-state index contributed by atoms with van der Waals surface area (Å²) in [5.41, 5.74) is -1.29. The zero-order chi connectivity index (χ0) is 34.7. The third-order valence-electron chi connectivity index (χ3n) is 12.4. The van der Waals surface area contributed by atoms with Crippen LogP contribution < -0.4 is 0 Å². The largest absolute Gasteiger partial charge is 0.508 e. The molecule has 0 saturated heterocycles. The molecule has 0 aliphatic heterocycles. The van der Waals surface area contributed by atoms with Crippen LogP contribution in [0.2, 0.25) is 0 Å². The lowest BCUT2D eigenvalue weighted by atomic mass is 9.33. The van der Waals surface area contributed by atoms with Crippen molar-refractivity contribution in [2.45, 2.75) is 145 Å². The van der Waals surface area contributed by atoms with Crippen LogP contribution >= 0.6 is 0 Å². The summed E-state index contributed by atoms with van der Waals surface area (Å²) in [6.45, 7) is 44.2. The minimum Gasteiger partial charge on any atom is -0.508 e. The van der Waals surface area contributed by atoms with Crippen LogP contribution in [-0.2, 0) is 4.79 Å². The molecule has 0 aromatic carbocycles. The lowest BCUT2D eigenvalue weighted by Crippen LogP contribution is -2.67. The quantitative estimate of drug-likeness (QED) is 0.302. The van der Waals surface area contributed by atoms with E-state index in [0.29, 0.717) is 11.5 Å². The summed E-state index contributed by atoms with van der Waals surface area (Å²) in [4.78, 5) is 14.5. The van der Waals surface area contributed by atoms with Crippen LogP contribution in [0, 0.1) is 48.7 Å². The van der Waals surface area contributed by atoms with Gasteiger partial charge < -0.3 is 15.3 Å². The summed E-state index contributed by atoms with van der Waals surface area (Å²) in [7, 11) is 0. The Bertz CT molecular complexity index is 1230. The molecule has 0 aromatic rings. The van der Waals surface area contributed by atoms with E-state index in [1.165, 1.54) is 0 Å². The second kappa shape index (κ2) is 9.76. The molecule has 246 valence electrons. The summed E-state index contributed by atoms with van der Waals surface area (Å²) >= 11 is 0. The van der Waals surface area contributed by atoms with Crippen LogP contribution in [0.25, 0.3) is 0 Å². The van der Waals surface area contributed by atoms with Crippen molar-refractivity contribution in [3.05, 3.63) is 45.0 Å². The highest BCUT2D eigenvalue weighted by Crippen LogP contribution is 2.77. The number of carboxylic acid groups (broad SMARTS) is 1. The number of aliphatic hydroxyl groups excluding tert-OH is 2. The molecule has 0 amide bonds. The molecule has 0 saturated carbocycles. The number of carbonyl (C=O) groups is 1. The molecule has 43 heavy (non-hydrogen) atoms. The molecule has 0 aromatic heterocycles. The summed E-state index contributed by atoms with van der Waals surface area (Å²) in [5.74, 6) is -0.268. The average molecular weight is 599 g/mol. The van der Waals surface area contributed by atoms with Crippen molar-refractivity contribution >= 4 is 5.97 Å². The van der Waals surface area contributed by atoms with Gasteiger partial charge in [-0.3, -0.25) is 4.79 Å². The summed E-state index contributed by atoms with van der Waals surface area (Å²) in [6.07, 6.45) is 0. The molecule has 0 radical (unpaired) electrons. The maximum atomic E-state index is 14.5. The molecule has 2 rings (SSSR count). The van der Waals surface area contributed by atoms with Gasteiger partial charge in [0.1, 0.15) is 11.5 Å². The molecule has 2 aliphatic carbocycles. The third kappa shape index (κ3) is 4.61. The van der Waals surface area contributed by atoms with Gasteiger partial charge in [-0.1, -0.05) is 136 Å². The van der Waals surface area contributed by atoms with Gasteiger partial charge in [0, 0.05) is 21.7 Å². The van der Waals surface area contributed by atoms with Crippen LogP contribution in [0.4, 0.5) is 0 Å². The number of rotatable bonds is 3. The number of aliphatic carboxylic acids is 1. The Balaban J connectivity index is 3.47. The van der Waals surface area contributed by atoms with Gasteiger partial charge >= 0.3 is 5.97 Å². The Morgan fingerprint density at radius 3 is 0.907 bits per heavy atom. The molecule has 4 heteroatoms. The van der Waals surface area contributed by atoms with Gasteiger partial charge in [0.05, 0.1) is 5.41 Å². The van der Waals surface area contributed by atoms with E-state index >= 15 is 0 Å². The van der Waals surface area contributed by atoms with Crippen molar-refractivity contribution in [2.75, 3.05) is 0 Å². The van der Waals surface area contributed by atoms with Gasteiger partial charge in [-0.2, -0.15) is 0 Å². The first-order chi connectivity index (χ1) is 18.6. The fourth-order valence-electron chi connectivity index (χ4n) is 10.5. The highest BCUT2D eigenvalue weighted by atomic mass is 16.4. The van der Waals surface area contributed by atoms with E-state index < -0.39 is 54.7 Å². The van der Waals surface area contributed by atoms with Crippen molar-refractivity contribution in [2.24, 2.45) is 48.7 Å². The van der Waals surface area contributed by atoms with Crippen molar-refractivity contribution in [3.63, 3.8) is 0 Å². The normalized spacial score (nSPS) is 28.9. The molecule has 0 spiro atoms. The predicted octanol–water partition coefficient (Wildman–Crippen LogP) is 11.6. The molecule has 0 fully saturated rings. The van der Waals surface area contributed by atoms with Crippen molar-refractivity contribution in [1.82, 2.24) is 0 Å². The topological polar surface area (TPSA) is 77.8 Å². The van der Waals surface area contributed by atoms with Gasteiger partial charge in [-0.05, 0) is 64.7 Å². The minimum absolute atomic E-state index is 0.302. The van der Waals surface area contributed by atoms with Crippen molar-refractivity contribution in [3.8, 4) is 0 Å². The van der Waals surface area contributed by atoms with E-state index in [1.54, 1.807) is 0 Å². The lowest BCUT2D eigenvalue weighted by Gasteiger charge is -2.69. The van der Waals surface area contributed by atoms with Gasteiger partial charge in [0.2, 0.25) is 0 Å². The first-order valence-corrected chi connectivity index (χ1v) is 16.1. The SMILES string of the molecule is CC1=C(C(C)(C)C)C(O)=C(C(C)(C)C)C(C)(C)C1(C)C(C)(C(=O)O)C1(C)C(C)=C(C(C)(C)C)C(O)=C(C(C)(C)C)C1(C)C. The Labute approximate surface area is 264 Å². The van der Waals surface area contributed by atoms with Crippen LogP contribution in [0.15, 0.2) is 45.0 Å². The molecular weight excluding hydrogens is 532 g/mol. The summed E-state index contributed by atoms with van der Waals surface area (Å²) < 4.78 is 0. The van der Waals surface area contributed by atoms with E-state index in [1.807, 2.05) is 6.92 Å². The number of aliphatic hydroxyl groups is 2. The fraction of sp³-hybridized carbons (Fsp3) is 0.769. The molecule has 0 bridgehead atoms. The molecule has 0 heterocycles. The monoisotopic (exact) mass is 598 g/mol. The van der Waals surface area contributed by atoms with E-state index in [-0.39, 0.29) is 0 Å². The molecular formula is C39H66O4. The van der Waals surface area contributed by atoms with E-state index in [2.05, 4.69) is 138 Å². The molecule has 3 N–H and O–H groups in total. The number of carboxylic acids is 1. The third-order valence-corrected chi connectivity index (χ3v) is 12.4. The number of allylic oxidation sites excluding steroid dienone is 6. The van der Waals surface area contributed by atoms with E-state index in [9.17, 15) is 20.1 Å². The maximum Gasteiger partial charge on any atom is 0.311 e. The lowest BCUT2D eigenvalue weighted by molar-refractivity contribution is -0.185. The molecule has 2 atom stereocenters. The Kier molecular flexibility index (Phi) is 8.45.